The van der Waals surface area contributed by atoms with Crippen LogP contribution in [0.5, 0.6) is 0 Å². The number of aromatic amines is 1. The fourth-order valence-corrected chi connectivity index (χ4v) is 1.76. The lowest BCUT2D eigenvalue weighted by Crippen LogP contribution is -2.29. The summed E-state index contributed by atoms with van der Waals surface area (Å²) < 4.78 is 1.89. The van der Waals surface area contributed by atoms with E-state index in [2.05, 4.69) is 25.5 Å². The number of rotatable bonds is 4. The third-order valence-electron chi connectivity index (χ3n) is 2.77. The van der Waals surface area contributed by atoms with Gasteiger partial charge >= 0.3 is 0 Å². The van der Waals surface area contributed by atoms with E-state index in [4.69, 9.17) is 0 Å². The minimum absolute atomic E-state index is 0.212. The average molecular weight is 248 g/mol. The molecule has 18 heavy (non-hydrogen) atoms. The van der Waals surface area contributed by atoms with E-state index >= 15 is 0 Å². The van der Waals surface area contributed by atoms with E-state index in [1.807, 2.05) is 18.4 Å². The van der Waals surface area contributed by atoms with Crippen molar-refractivity contribution in [3.8, 4) is 0 Å². The summed E-state index contributed by atoms with van der Waals surface area (Å²) >= 11 is 0. The van der Waals surface area contributed by atoms with Crippen LogP contribution in [-0.2, 0) is 6.54 Å². The third kappa shape index (κ3) is 2.24. The predicted molar refractivity (Wildman–Crippen MR) is 64.9 cm³/mol. The second-order valence-electron chi connectivity index (χ2n) is 4.05. The standard InChI is InChI=1S/C11H16N6O/c1-4-17-6-14-16-10(17)8(3)15-11(18)9-7(2)12-5-13-9/h5-6,8H,4H2,1-3H3,(H,12,13)(H,15,18)/t8-/m0/s1. The molecule has 0 spiro atoms. The highest BCUT2D eigenvalue weighted by Gasteiger charge is 2.18. The van der Waals surface area contributed by atoms with Gasteiger partial charge in [0.25, 0.3) is 5.91 Å². The monoisotopic (exact) mass is 248 g/mol. The Kier molecular flexibility index (Phi) is 3.40. The largest absolute Gasteiger partial charge is 0.348 e. The Hall–Kier alpha value is -2.18. The second-order valence-corrected chi connectivity index (χ2v) is 4.05. The highest BCUT2D eigenvalue weighted by Crippen LogP contribution is 2.10. The zero-order valence-corrected chi connectivity index (χ0v) is 10.6. The van der Waals surface area contributed by atoms with Gasteiger partial charge in [0.2, 0.25) is 0 Å². The maximum Gasteiger partial charge on any atom is 0.272 e. The molecular formula is C11H16N6O. The van der Waals surface area contributed by atoms with E-state index in [0.717, 1.165) is 18.1 Å². The molecule has 7 nitrogen and oxygen atoms in total. The van der Waals surface area contributed by atoms with Gasteiger partial charge in [-0.25, -0.2) is 4.98 Å². The van der Waals surface area contributed by atoms with Gasteiger partial charge in [-0.15, -0.1) is 10.2 Å². The molecule has 2 aromatic heterocycles. The van der Waals surface area contributed by atoms with E-state index in [1.165, 1.54) is 6.33 Å². The van der Waals surface area contributed by atoms with Gasteiger partial charge in [0.05, 0.1) is 12.4 Å². The average Bonchev–Trinajstić information content (AvgIpc) is 2.96. The fraction of sp³-hybridized carbons (Fsp3) is 0.455. The van der Waals surface area contributed by atoms with Gasteiger partial charge in [0.1, 0.15) is 12.0 Å². The number of hydrogen-bond donors (Lipinski definition) is 2. The molecule has 0 aliphatic heterocycles. The van der Waals surface area contributed by atoms with E-state index in [-0.39, 0.29) is 11.9 Å². The normalized spacial score (nSPS) is 12.4. The summed E-state index contributed by atoms with van der Waals surface area (Å²) in [5.74, 6) is 0.519. The summed E-state index contributed by atoms with van der Waals surface area (Å²) in [5.41, 5.74) is 1.15. The van der Waals surface area contributed by atoms with E-state index < -0.39 is 0 Å². The predicted octanol–water partition coefficient (Wildman–Crippen LogP) is 0.821. The van der Waals surface area contributed by atoms with Gasteiger partial charge in [-0.1, -0.05) is 0 Å². The van der Waals surface area contributed by atoms with Crippen LogP contribution in [0.15, 0.2) is 12.7 Å². The first-order valence-corrected chi connectivity index (χ1v) is 5.82. The van der Waals surface area contributed by atoms with Crippen molar-refractivity contribution in [3.63, 3.8) is 0 Å². The maximum absolute atomic E-state index is 12.0. The number of carbonyl (C=O) groups excluding carboxylic acids is 1. The number of carbonyl (C=O) groups is 1. The van der Waals surface area contributed by atoms with E-state index in [1.54, 1.807) is 13.3 Å². The van der Waals surface area contributed by atoms with Crippen molar-refractivity contribution in [3.05, 3.63) is 29.9 Å². The molecule has 2 heterocycles. The molecule has 96 valence electrons. The molecule has 2 rings (SSSR count). The van der Waals surface area contributed by atoms with Crippen LogP contribution in [-0.4, -0.2) is 30.6 Å². The Morgan fingerprint density at radius 2 is 2.39 bits per heavy atom. The molecule has 0 aromatic carbocycles. The van der Waals surface area contributed by atoms with Crippen molar-refractivity contribution >= 4 is 5.91 Å². The smallest absolute Gasteiger partial charge is 0.272 e. The number of nitrogens with one attached hydrogen (secondary N) is 2. The van der Waals surface area contributed by atoms with Crippen molar-refractivity contribution in [1.29, 1.82) is 0 Å². The van der Waals surface area contributed by atoms with Crippen LogP contribution in [0.1, 0.15) is 41.9 Å². The molecule has 2 aromatic rings. The number of amides is 1. The van der Waals surface area contributed by atoms with Gasteiger partial charge < -0.3 is 14.9 Å². The SMILES string of the molecule is CCn1cnnc1[C@H](C)NC(=O)c1nc[nH]c1C. The molecule has 0 saturated heterocycles. The van der Waals surface area contributed by atoms with Gasteiger partial charge in [-0.3, -0.25) is 4.79 Å². The Morgan fingerprint density at radius 1 is 1.61 bits per heavy atom. The number of hydrogen-bond acceptors (Lipinski definition) is 4. The Balaban J connectivity index is 2.10. The number of H-pyrrole nitrogens is 1. The van der Waals surface area contributed by atoms with Crippen molar-refractivity contribution < 1.29 is 4.79 Å². The lowest BCUT2D eigenvalue weighted by Gasteiger charge is -2.13. The number of imidazole rings is 1. The van der Waals surface area contributed by atoms with Crippen LogP contribution >= 0.6 is 0 Å². The summed E-state index contributed by atoms with van der Waals surface area (Å²) in [6, 6.07) is -0.212. The molecule has 0 unspecified atom stereocenters. The van der Waals surface area contributed by atoms with Crippen molar-refractivity contribution in [2.75, 3.05) is 0 Å². The van der Waals surface area contributed by atoms with E-state index in [0.29, 0.717) is 5.69 Å². The highest BCUT2D eigenvalue weighted by atomic mass is 16.2. The maximum atomic E-state index is 12.0. The van der Waals surface area contributed by atoms with Crippen molar-refractivity contribution in [2.24, 2.45) is 0 Å². The second kappa shape index (κ2) is 4.99. The minimum atomic E-state index is -0.216. The van der Waals surface area contributed by atoms with Gasteiger partial charge in [0, 0.05) is 12.2 Å². The van der Waals surface area contributed by atoms with Crippen molar-refractivity contribution in [2.45, 2.75) is 33.4 Å². The molecule has 0 bridgehead atoms. The van der Waals surface area contributed by atoms with Crippen LogP contribution < -0.4 is 5.32 Å². The lowest BCUT2D eigenvalue weighted by molar-refractivity contribution is 0.0932. The molecule has 0 aliphatic carbocycles. The Morgan fingerprint density at radius 3 is 3.00 bits per heavy atom. The minimum Gasteiger partial charge on any atom is -0.348 e. The summed E-state index contributed by atoms with van der Waals surface area (Å²) in [6.45, 7) is 6.44. The molecule has 0 radical (unpaired) electrons. The number of aromatic nitrogens is 5. The summed E-state index contributed by atoms with van der Waals surface area (Å²) in [6.07, 6.45) is 3.15. The molecule has 7 heteroatoms. The first-order valence-electron chi connectivity index (χ1n) is 5.82. The van der Waals surface area contributed by atoms with Crippen LogP contribution in [0.3, 0.4) is 0 Å². The van der Waals surface area contributed by atoms with Gasteiger partial charge in [0.15, 0.2) is 5.82 Å². The van der Waals surface area contributed by atoms with Crippen molar-refractivity contribution in [1.82, 2.24) is 30.0 Å². The number of aryl methyl sites for hydroxylation is 2. The Labute approximate surface area is 105 Å². The lowest BCUT2D eigenvalue weighted by atomic mass is 10.2. The molecule has 1 amide bonds. The van der Waals surface area contributed by atoms with Crippen LogP contribution in [0.2, 0.25) is 0 Å². The molecular weight excluding hydrogens is 232 g/mol. The van der Waals surface area contributed by atoms with Gasteiger partial charge in [-0.2, -0.15) is 0 Å². The summed E-state index contributed by atoms with van der Waals surface area (Å²) in [7, 11) is 0. The van der Waals surface area contributed by atoms with E-state index in [9.17, 15) is 4.79 Å². The summed E-state index contributed by atoms with van der Waals surface area (Å²) in [4.78, 5) is 18.8. The molecule has 2 N–H and O–H groups in total. The third-order valence-corrected chi connectivity index (χ3v) is 2.77. The van der Waals surface area contributed by atoms with Gasteiger partial charge in [-0.05, 0) is 20.8 Å². The molecule has 0 fully saturated rings. The topological polar surface area (TPSA) is 88.5 Å². The summed E-state index contributed by atoms with van der Waals surface area (Å²) in [5, 5.41) is 10.7. The first kappa shape index (κ1) is 12.3. The number of nitrogens with zero attached hydrogens (tertiary/aromatic N) is 4. The highest BCUT2D eigenvalue weighted by molar-refractivity contribution is 5.93. The first-order chi connectivity index (χ1) is 8.63. The zero-order valence-electron chi connectivity index (χ0n) is 10.6. The van der Waals surface area contributed by atoms with Crippen LogP contribution in [0, 0.1) is 6.92 Å². The van der Waals surface area contributed by atoms with Crippen LogP contribution in [0.4, 0.5) is 0 Å². The fourth-order valence-electron chi connectivity index (χ4n) is 1.76. The molecule has 0 saturated carbocycles. The quantitative estimate of drug-likeness (QED) is 0.838. The molecule has 1 atom stereocenters. The zero-order chi connectivity index (χ0) is 13.1. The molecule has 0 aliphatic rings. The van der Waals surface area contributed by atoms with Crippen LogP contribution in [0.25, 0.3) is 0 Å². The Bertz CT molecular complexity index is 543.